The fraction of sp³-hybridized carbons (Fsp3) is 0.619. The van der Waals surface area contributed by atoms with E-state index in [1.807, 2.05) is 20.8 Å². The third kappa shape index (κ3) is 3.93. The van der Waals surface area contributed by atoms with Gasteiger partial charge < -0.3 is 19.1 Å². The van der Waals surface area contributed by atoms with E-state index in [0.717, 1.165) is 5.69 Å². The minimum Gasteiger partial charge on any atom is -0.444 e. The SMILES string of the molecule is Cc1cc2nc3c(c(=O)n2o1)CN(C(=O)C1CCN(C(=O)OC(C)(C)C)CC1)CC3. The lowest BCUT2D eigenvalue weighted by molar-refractivity contribution is -0.138. The molecule has 2 aromatic rings. The molecule has 2 aromatic heterocycles. The monoisotopic (exact) mass is 416 g/mol. The van der Waals surface area contributed by atoms with E-state index in [4.69, 9.17) is 9.26 Å². The van der Waals surface area contributed by atoms with Crippen molar-refractivity contribution in [3.8, 4) is 0 Å². The molecule has 0 spiro atoms. The molecule has 4 rings (SSSR count). The van der Waals surface area contributed by atoms with Crippen LogP contribution < -0.4 is 5.56 Å². The third-order valence-corrected chi connectivity index (χ3v) is 5.59. The fourth-order valence-corrected chi connectivity index (χ4v) is 4.09. The Morgan fingerprint density at radius 1 is 1.17 bits per heavy atom. The van der Waals surface area contributed by atoms with Crippen molar-refractivity contribution >= 4 is 17.6 Å². The average Bonchev–Trinajstić information content (AvgIpc) is 3.07. The number of nitrogens with zero attached hydrogens (tertiary/aromatic N) is 4. The first-order chi connectivity index (χ1) is 14.1. The lowest BCUT2D eigenvalue weighted by Gasteiger charge is -2.36. The van der Waals surface area contributed by atoms with Gasteiger partial charge in [-0.2, -0.15) is 0 Å². The Balaban J connectivity index is 1.42. The number of hydrogen-bond acceptors (Lipinski definition) is 6. The van der Waals surface area contributed by atoms with Crippen LogP contribution in [0.2, 0.25) is 0 Å². The number of carbonyl (C=O) groups excluding carboxylic acids is 2. The molecule has 0 bridgehead atoms. The second kappa shape index (κ2) is 7.45. The normalized spacial score (nSPS) is 17.9. The van der Waals surface area contributed by atoms with Crippen molar-refractivity contribution in [1.29, 1.82) is 0 Å². The molecule has 0 aliphatic carbocycles. The first-order valence-electron chi connectivity index (χ1n) is 10.4. The first-order valence-corrected chi connectivity index (χ1v) is 10.4. The van der Waals surface area contributed by atoms with Crippen molar-refractivity contribution in [2.75, 3.05) is 19.6 Å². The van der Waals surface area contributed by atoms with E-state index in [9.17, 15) is 14.4 Å². The van der Waals surface area contributed by atoms with E-state index in [1.54, 1.807) is 22.8 Å². The molecule has 4 heterocycles. The molecule has 30 heavy (non-hydrogen) atoms. The maximum absolute atomic E-state index is 13.1. The fourth-order valence-electron chi connectivity index (χ4n) is 4.09. The molecule has 1 saturated heterocycles. The van der Waals surface area contributed by atoms with Gasteiger partial charge in [0.05, 0.1) is 17.8 Å². The molecule has 0 N–H and O–H groups in total. The van der Waals surface area contributed by atoms with E-state index < -0.39 is 5.60 Å². The van der Waals surface area contributed by atoms with Gasteiger partial charge in [-0.3, -0.25) is 9.59 Å². The van der Waals surface area contributed by atoms with E-state index in [1.165, 1.54) is 4.57 Å². The number of amides is 2. The Morgan fingerprint density at radius 3 is 2.53 bits per heavy atom. The highest BCUT2D eigenvalue weighted by molar-refractivity contribution is 5.79. The summed E-state index contributed by atoms with van der Waals surface area (Å²) in [7, 11) is 0. The Kier molecular flexibility index (Phi) is 5.07. The van der Waals surface area contributed by atoms with Crippen LogP contribution >= 0.6 is 0 Å². The molecule has 1 fully saturated rings. The highest BCUT2D eigenvalue weighted by Gasteiger charge is 2.34. The van der Waals surface area contributed by atoms with Gasteiger partial charge in [-0.15, -0.1) is 4.57 Å². The van der Waals surface area contributed by atoms with Crippen LogP contribution in [0.4, 0.5) is 4.79 Å². The summed E-state index contributed by atoms with van der Waals surface area (Å²) in [6.07, 6.45) is 1.40. The average molecular weight is 416 g/mol. The van der Waals surface area contributed by atoms with Crippen LogP contribution in [0.15, 0.2) is 15.4 Å². The quantitative estimate of drug-likeness (QED) is 0.706. The molecule has 9 heteroatoms. The molecule has 0 radical (unpaired) electrons. The van der Waals surface area contributed by atoms with Crippen molar-refractivity contribution in [2.45, 2.75) is 59.1 Å². The van der Waals surface area contributed by atoms with Crippen LogP contribution in [0.25, 0.3) is 5.65 Å². The Bertz CT molecular complexity index is 1040. The molecule has 162 valence electrons. The lowest BCUT2D eigenvalue weighted by Crippen LogP contribution is -2.47. The van der Waals surface area contributed by atoms with Gasteiger partial charge in [0.2, 0.25) is 5.91 Å². The summed E-state index contributed by atoms with van der Waals surface area (Å²) in [6, 6.07) is 1.73. The Morgan fingerprint density at radius 2 is 1.87 bits per heavy atom. The van der Waals surface area contributed by atoms with Crippen LogP contribution in [0, 0.1) is 12.8 Å². The summed E-state index contributed by atoms with van der Waals surface area (Å²) in [6.45, 7) is 9.05. The van der Waals surface area contributed by atoms with Crippen LogP contribution in [0.3, 0.4) is 0 Å². The molecular weight excluding hydrogens is 388 g/mol. The number of ether oxygens (including phenoxy) is 1. The number of likely N-dealkylation sites (tertiary alicyclic amines) is 1. The number of hydrogen-bond donors (Lipinski definition) is 0. The molecule has 2 amide bonds. The van der Waals surface area contributed by atoms with E-state index in [2.05, 4.69) is 4.98 Å². The maximum Gasteiger partial charge on any atom is 0.410 e. The number of rotatable bonds is 1. The van der Waals surface area contributed by atoms with E-state index >= 15 is 0 Å². The zero-order chi connectivity index (χ0) is 21.6. The van der Waals surface area contributed by atoms with Crippen LogP contribution in [-0.2, 0) is 22.5 Å². The van der Waals surface area contributed by atoms with Crippen molar-refractivity contribution in [3.05, 3.63) is 33.4 Å². The van der Waals surface area contributed by atoms with E-state index in [0.29, 0.717) is 55.9 Å². The predicted octanol–water partition coefficient (Wildman–Crippen LogP) is 2.13. The summed E-state index contributed by atoms with van der Waals surface area (Å²) < 4.78 is 12.0. The Hall–Kier alpha value is -2.84. The molecule has 9 nitrogen and oxygen atoms in total. The van der Waals surface area contributed by atoms with Gasteiger partial charge in [0, 0.05) is 38.0 Å². The largest absolute Gasteiger partial charge is 0.444 e. The van der Waals surface area contributed by atoms with Crippen LogP contribution in [-0.4, -0.2) is 56.6 Å². The van der Waals surface area contributed by atoms with E-state index in [-0.39, 0.29) is 30.0 Å². The molecule has 0 aromatic carbocycles. The van der Waals surface area contributed by atoms with Gasteiger partial charge in [0.25, 0.3) is 5.56 Å². The highest BCUT2D eigenvalue weighted by Crippen LogP contribution is 2.24. The van der Waals surface area contributed by atoms with Crippen molar-refractivity contribution in [3.63, 3.8) is 0 Å². The molecule has 0 saturated carbocycles. The van der Waals surface area contributed by atoms with Crippen molar-refractivity contribution in [1.82, 2.24) is 19.4 Å². The molecule has 0 unspecified atom stereocenters. The Labute approximate surface area is 174 Å². The standard InChI is InChI=1S/C21H28N4O5/c1-13-11-17-22-16-7-10-24(12-15(16)19(27)25(17)30-13)18(26)14-5-8-23(9-6-14)20(28)29-21(2,3)4/h11,14H,5-10,12H2,1-4H3. The summed E-state index contributed by atoms with van der Waals surface area (Å²) in [5.74, 6) is 0.492. The van der Waals surface area contributed by atoms with Gasteiger partial charge in [-0.05, 0) is 40.5 Å². The highest BCUT2D eigenvalue weighted by atomic mass is 16.6. The minimum absolute atomic E-state index is 0.0320. The zero-order valence-corrected chi connectivity index (χ0v) is 17.9. The number of aryl methyl sites for hydroxylation is 1. The minimum atomic E-state index is -0.537. The second-order valence-electron chi connectivity index (χ2n) is 9.09. The number of fused-ring (bicyclic) bond motifs is 2. The smallest absolute Gasteiger partial charge is 0.410 e. The van der Waals surface area contributed by atoms with Gasteiger partial charge in [-0.1, -0.05) is 0 Å². The number of carbonyl (C=O) groups is 2. The number of piperidine rings is 1. The molecule has 2 aliphatic heterocycles. The maximum atomic E-state index is 13.1. The molecule has 0 atom stereocenters. The van der Waals surface area contributed by atoms with Gasteiger partial charge >= 0.3 is 6.09 Å². The molecular formula is C21H28N4O5. The second-order valence-corrected chi connectivity index (χ2v) is 9.09. The topological polar surface area (TPSA) is 97.4 Å². The zero-order valence-electron chi connectivity index (χ0n) is 17.9. The first kappa shape index (κ1) is 20.4. The summed E-state index contributed by atoms with van der Waals surface area (Å²) >= 11 is 0. The summed E-state index contributed by atoms with van der Waals surface area (Å²) in [5, 5.41) is 0. The van der Waals surface area contributed by atoms with Crippen molar-refractivity contribution < 1.29 is 18.8 Å². The van der Waals surface area contributed by atoms with Crippen LogP contribution in [0.1, 0.15) is 50.6 Å². The van der Waals surface area contributed by atoms with Gasteiger partial charge in [0.1, 0.15) is 11.4 Å². The van der Waals surface area contributed by atoms with Gasteiger partial charge in [-0.25, -0.2) is 9.78 Å². The van der Waals surface area contributed by atoms with Crippen LogP contribution in [0.5, 0.6) is 0 Å². The summed E-state index contributed by atoms with van der Waals surface area (Å²) in [5.41, 5.74) is 0.980. The van der Waals surface area contributed by atoms with Crippen molar-refractivity contribution in [2.24, 2.45) is 5.92 Å². The predicted molar refractivity (Wildman–Crippen MR) is 108 cm³/mol. The van der Waals surface area contributed by atoms with Gasteiger partial charge in [0.15, 0.2) is 5.65 Å². The lowest BCUT2D eigenvalue weighted by atomic mass is 9.94. The molecule has 2 aliphatic rings. The third-order valence-electron chi connectivity index (χ3n) is 5.59. The number of aromatic nitrogens is 2. The summed E-state index contributed by atoms with van der Waals surface area (Å²) in [4.78, 5) is 46.0.